The third-order valence-corrected chi connectivity index (χ3v) is 3.64. The molecule has 2 aromatic rings. The van der Waals surface area contributed by atoms with Gasteiger partial charge in [0.25, 0.3) is 0 Å². The highest BCUT2D eigenvalue weighted by Gasteiger charge is 2.08. The molecule has 0 saturated carbocycles. The van der Waals surface area contributed by atoms with E-state index in [-0.39, 0.29) is 5.56 Å². The second kappa shape index (κ2) is 9.90. The normalized spacial score (nSPS) is 10.9. The molecule has 2 rings (SSSR count). The Labute approximate surface area is 142 Å². The third kappa shape index (κ3) is 5.83. The van der Waals surface area contributed by atoms with Crippen molar-refractivity contribution in [2.24, 2.45) is 0 Å². The van der Waals surface area contributed by atoms with Crippen molar-refractivity contribution in [3.05, 3.63) is 47.7 Å². The molecule has 0 radical (unpaired) electrons. The Morgan fingerprint density at radius 2 is 2.04 bits per heavy atom. The number of hydrogen-bond acceptors (Lipinski definition) is 4. The second-order valence-electron chi connectivity index (χ2n) is 5.65. The lowest BCUT2D eigenvalue weighted by Crippen LogP contribution is -2.16. The monoisotopic (exact) mass is 331 g/mol. The van der Waals surface area contributed by atoms with Crippen molar-refractivity contribution >= 4 is 5.97 Å². The molecule has 130 valence electrons. The fourth-order valence-corrected chi connectivity index (χ4v) is 2.29. The van der Waals surface area contributed by atoms with Crippen LogP contribution in [0.3, 0.4) is 0 Å². The van der Waals surface area contributed by atoms with Crippen LogP contribution in [0.15, 0.2) is 40.8 Å². The van der Waals surface area contributed by atoms with Gasteiger partial charge in [0.15, 0.2) is 0 Å². The van der Waals surface area contributed by atoms with Gasteiger partial charge in [-0.1, -0.05) is 25.5 Å². The molecule has 0 amide bonds. The number of ether oxygens (including phenoxy) is 1. The summed E-state index contributed by atoms with van der Waals surface area (Å²) < 4.78 is 11.3. The Morgan fingerprint density at radius 3 is 2.83 bits per heavy atom. The molecule has 1 aromatic carbocycles. The zero-order valence-electron chi connectivity index (χ0n) is 14.1. The number of rotatable bonds is 11. The average Bonchev–Trinajstić information content (AvgIpc) is 3.06. The molecule has 24 heavy (non-hydrogen) atoms. The standard InChI is InChI=1S/C19H25NO4/c1-2-3-11-23-12-5-10-20-14-17-8-9-18(24-17)15-6-4-7-16(13-15)19(21)22/h4,6-9,13,20H,2-3,5,10-12,14H2,1H3,(H,21,22). The fourth-order valence-electron chi connectivity index (χ4n) is 2.29. The molecule has 0 spiro atoms. The van der Waals surface area contributed by atoms with Crippen molar-refractivity contribution in [1.82, 2.24) is 5.32 Å². The minimum Gasteiger partial charge on any atom is -0.478 e. The summed E-state index contributed by atoms with van der Waals surface area (Å²) >= 11 is 0. The molecular weight excluding hydrogens is 306 g/mol. The van der Waals surface area contributed by atoms with Crippen LogP contribution >= 0.6 is 0 Å². The number of carboxylic acid groups (broad SMARTS) is 1. The molecule has 0 unspecified atom stereocenters. The summed E-state index contributed by atoms with van der Waals surface area (Å²) in [5.41, 5.74) is 1.03. The van der Waals surface area contributed by atoms with E-state index in [9.17, 15) is 4.79 Å². The largest absolute Gasteiger partial charge is 0.478 e. The van der Waals surface area contributed by atoms with Crippen LogP contribution in [0.2, 0.25) is 0 Å². The highest BCUT2D eigenvalue weighted by molar-refractivity contribution is 5.89. The van der Waals surface area contributed by atoms with Crippen LogP contribution in [0.4, 0.5) is 0 Å². The summed E-state index contributed by atoms with van der Waals surface area (Å²) in [6.45, 7) is 5.29. The predicted molar refractivity (Wildman–Crippen MR) is 93.2 cm³/mol. The van der Waals surface area contributed by atoms with Crippen molar-refractivity contribution in [3.8, 4) is 11.3 Å². The highest BCUT2D eigenvalue weighted by atomic mass is 16.5. The van der Waals surface area contributed by atoms with Crippen LogP contribution in [0.25, 0.3) is 11.3 Å². The van der Waals surface area contributed by atoms with Crippen LogP contribution in [0.1, 0.15) is 42.3 Å². The number of benzene rings is 1. The quantitative estimate of drug-likeness (QED) is 0.610. The summed E-state index contributed by atoms with van der Waals surface area (Å²) in [5, 5.41) is 12.4. The Kier molecular flexibility index (Phi) is 7.52. The van der Waals surface area contributed by atoms with Crippen molar-refractivity contribution in [2.45, 2.75) is 32.7 Å². The number of aromatic carboxylic acids is 1. The van der Waals surface area contributed by atoms with Crippen molar-refractivity contribution in [3.63, 3.8) is 0 Å². The summed E-state index contributed by atoms with van der Waals surface area (Å²) in [5.74, 6) is 0.571. The Morgan fingerprint density at radius 1 is 1.21 bits per heavy atom. The predicted octanol–water partition coefficient (Wildman–Crippen LogP) is 3.94. The summed E-state index contributed by atoms with van der Waals surface area (Å²) in [4.78, 5) is 11.0. The lowest BCUT2D eigenvalue weighted by molar-refractivity contribution is 0.0697. The van der Waals surface area contributed by atoms with Crippen LogP contribution < -0.4 is 5.32 Å². The molecule has 5 nitrogen and oxygen atoms in total. The zero-order valence-corrected chi connectivity index (χ0v) is 14.1. The number of hydrogen-bond donors (Lipinski definition) is 2. The molecule has 1 heterocycles. The molecular formula is C19H25NO4. The van der Waals surface area contributed by atoms with E-state index in [1.165, 1.54) is 0 Å². The first-order valence-electron chi connectivity index (χ1n) is 8.41. The van der Waals surface area contributed by atoms with Crippen LogP contribution in [0.5, 0.6) is 0 Å². The maximum atomic E-state index is 11.0. The SMILES string of the molecule is CCCCOCCCNCc1ccc(-c2cccc(C(=O)O)c2)o1. The molecule has 1 aromatic heterocycles. The van der Waals surface area contributed by atoms with E-state index in [2.05, 4.69) is 12.2 Å². The third-order valence-electron chi connectivity index (χ3n) is 3.64. The zero-order chi connectivity index (χ0) is 17.2. The lowest BCUT2D eigenvalue weighted by atomic mass is 10.1. The van der Waals surface area contributed by atoms with E-state index >= 15 is 0 Å². The van der Waals surface area contributed by atoms with E-state index in [4.69, 9.17) is 14.3 Å². The number of furan rings is 1. The number of carboxylic acids is 1. The first kappa shape index (κ1) is 18.2. The summed E-state index contributed by atoms with van der Waals surface area (Å²) in [7, 11) is 0. The molecule has 0 saturated heterocycles. The minimum atomic E-state index is -0.938. The van der Waals surface area contributed by atoms with E-state index in [1.54, 1.807) is 18.2 Å². The highest BCUT2D eigenvalue weighted by Crippen LogP contribution is 2.23. The molecule has 0 aliphatic heterocycles. The van der Waals surface area contributed by atoms with Gasteiger partial charge in [0.2, 0.25) is 0 Å². The first-order valence-corrected chi connectivity index (χ1v) is 8.41. The van der Waals surface area contributed by atoms with E-state index < -0.39 is 5.97 Å². The van der Waals surface area contributed by atoms with Crippen molar-refractivity contribution in [2.75, 3.05) is 19.8 Å². The Balaban J connectivity index is 1.75. The van der Waals surface area contributed by atoms with Crippen LogP contribution in [-0.4, -0.2) is 30.8 Å². The molecule has 0 fully saturated rings. The van der Waals surface area contributed by atoms with Crippen molar-refractivity contribution in [1.29, 1.82) is 0 Å². The van der Waals surface area contributed by atoms with Gasteiger partial charge < -0.3 is 19.6 Å². The molecule has 0 aliphatic carbocycles. The van der Waals surface area contributed by atoms with Gasteiger partial charge in [-0.2, -0.15) is 0 Å². The van der Waals surface area contributed by atoms with E-state index in [0.29, 0.717) is 12.3 Å². The van der Waals surface area contributed by atoms with Gasteiger partial charge in [-0.15, -0.1) is 0 Å². The van der Waals surface area contributed by atoms with Gasteiger partial charge in [0.05, 0.1) is 12.1 Å². The molecule has 0 aliphatic rings. The number of nitrogens with one attached hydrogen (secondary N) is 1. The van der Waals surface area contributed by atoms with E-state index in [0.717, 1.165) is 50.3 Å². The molecule has 5 heteroatoms. The van der Waals surface area contributed by atoms with Gasteiger partial charge in [-0.25, -0.2) is 4.79 Å². The topological polar surface area (TPSA) is 71.7 Å². The fraction of sp³-hybridized carbons (Fsp3) is 0.421. The van der Waals surface area contributed by atoms with Gasteiger partial charge in [-0.05, 0) is 43.7 Å². The molecule has 2 N–H and O–H groups in total. The Hall–Kier alpha value is -2.11. The minimum absolute atomic E-state index is 0.256. The van der Waals surface area contributed by atoms with Crippen molar-refractivity contribution < 1.29 is 19.1 Å². The maximum Gasteiger partial charge on any atom is 0.335 e. The lowest BCUT2D eigenvalue weighted by Gasteiger charge is -2.04. The average molecular weight is 331 g/mol. The maximum absolute atomic E-state index is 11.0. The first-order chi connectivity index (χ1) is 11.7. The number of carbonyl (C=O) groups is 1. The molecule has 0 bridgehead atoms. The van der Waals surface area contributed by atoms with Crippen LogP contribution in [-0.2, 0) is 11.3 Å². The number of unbranched alkanes of at least 4 members (excludes halogenated alkanes) is 1. The Bertz CT molecular complexity index is 636. The summed E-state index contributed by atoms with van der Waals surface area (Å²) in [6, 6.07) is 10.5. The van der Waals surface area contributed by atoms with Crippen LogP contribution in [0, 0.1) is 0 Å². The molecule has 0 atom stereocenters. The van der Waals surface area contributed by atoms with Gasteiger partial charge in [0, 0.05) is 18.8 Å². The van der Waals surface area contributed by atoms with E-state index in [1.807, 2.05) is 18.2 Å². The summed E-state index contributed by atoms with van der Waals surface area (Å²) in [6.07, 6.45) is 3.25. The van der Waals surface area contributed by atoms with Gasteiger partial charge >= 0.3 is 5.97 Å². The van der Waals surface area contributed by atoms with Gasteiger partial charge in [0.1, 0.15) is 11.5 Å². The second-order valence-corrected chi connectivity index (χ2v) is 5.65. The van der Waals surface area contributed by atoms with Gasteiger partial charge in [-0.3, -0.25) is 0 Å². The smallest absolute Gasteiger partial charge is 0.335 e.